The van der Waals surface area contributed by atoms with Crippen molar-refractivity contribution in [1.29, 1.82) is 0 Å². The predicted octanol–water partition coefficient (Wildman–Crippen LogP) is 2.70. The normalized spacial score (nSPS) is 10.9. The molecule has 152 valence electrons. The summed E-state index contributed by atoms with van der Waals surface area (Å²) in [5.41, 5.74) is 3.22. The van der Waals surface area contributed by atoms with Crippen LogP contribution in [0.3, 0.4) is 0 Å². The Kier molecular flexibility index (Phi) is 6.88. The van der Waals surface area contributed by atoms with Gasteiger partial charge in [-0.05, 0) is 29.8 Å². The fraction of sp³-hybridized carbons (Fsp3) is 0.217. The fourth-order valence-electron chi connectivity index (χ4n) is 3.19. The third-order valence-corrected chi connectivity index (χ3v) is 4.72. The second-order valence-corrected chi connectivity index (χ2v) is 6.95. The molecule has 4 aromatic rings. The maximum Gasteiger partial charge on any atom is 0.147 e. The highest BCUT2D eigenvalue weighted by Gasteiger charge is 2.12. The molecular formula is C23H25N7. The summed E-state index contributed by atoms with van der Waals surface area (Å²) in [6.45, 7) is 3.35. The number of hydrogen-bond donors (Lipinski definition) is 2. The van der Waals surface area contributed by atoms with Crippen LogP contribution >= 0.6 is 0 Å². The monoisotopic (exact) mass is 399 g/mol. The third kappa shape index (κ3) is 5.56. The zero-order valence-electron chi connectivity index (χ0n) is 16.8. The van der Waals surface area contributed by atoms with E-state index in [9.17, 15) is 0 Å². The van der Waals surface area contributed by atoms with E-state index in [-0.39, 0.29) is 0 Å². The maximum absolute atomic E-state index is 4.44. The first-order valence-corrected chi connectivity index (χ1v) is 10.0. The van der Waals surface area contributed by atoms with Gasteiger partial charge in [0, 0.05) is 25.5 Å². The van der Waals surface area contributed by atoms with Gasteiger partial charge in [0.05, 0.1) is 31.0 Å². The SMILES string of the molecule is c1ccc(Cn2c(CNCc3ccccn3)nnc2CNCc2ccccn2)cc1. The first-order valence-electron chi connectivity index (χ1n) is 10.0. The minimum atomic E-state index is 0.622. The Hall–Kier alpha value is -3.42. The minimum absolute atomic E-state index is 0.622. The van der Waals surface area contributed by atoms with Gasteiger partial charge in [-0.3, -0.25) is 9.97 Å². The van der Waals surface area contributed by atoms with E-state index >= 15 is 0 Å². The van der Waals surface area contributed by atoms with E-state index in [1.807, 2.05) is 42.5 Å². The number of nitrogens with one attached hydrogen (secondary N) is 2. The first kappa shape index (κ1) is 19.9. The van der Waals surface area contributed by atoms with E-state index in [0.29, 0.717) is 26.2 Å². The lowest BCUT2D eigenvalue weighted by Gasteiger charge is -2.12. The van der Waals surface area contributed by atoms with Gasteiger partial charge in [0.1, 0.15) is 11.6 Å². The Labute approximate surface area is 176 Å². The quantitative estimate of drug-likeness (QED) is 0.427. The van der Waals surface area contributed by atoms with Crippen molar-refractivity contribution in [3.63, 3.8) is 0 Å². The summed E-state index contributed by atoms with van der Waals surface area (Å²) in [5.74, 6) is 1.81. The molecule has 0 aliphatic heterocycles. The number of benzene rings is 1. The van der Waals surface area contributed by atoms with E-state index < -0.39 is 0 Å². The molecule has 0 aliphatic carbocycles. The summed E-state index contributed by atoms with van der Waals surface area (Å²) in [4.78, 5) is 8.71. The average Bonchev–Trinajstić information content (AvgIpc) is 3.17. The van der Waals surface area contributed by atoms with Gasteiger partial charge in [-0.15, -0.1) is 10.2 Å². The zero-order chi connectivity index (χ0) is 20.4. The van der Waals surface area contributed by atoms with Gasteiger partial charge >= 0.3 is 0 Å². The van der Waals surface area contributed by atoms with Crippen molar-refractivity contribution in [2.45, 2.75) is 32.7 Å². The number of rotatable bonds is 10. The van der Waals surface area contributed by atoms with E-state index in [1.165, 1.54) is 5.56 Å². The molecule has 0 aliphatic rings. The van der Waals surface area contributed by atoms with Crippen LogP contribution in [0.15, 0.2) is 79.1 Å². The van der Waals surface area contributed by atoms with Crippen molar-refractivity contribution in [2.75, 3.05) is 0 Å². The lowest BCUT2D eigenvalue weighted by Crippen LogP contribution is -2.21. The topological polar surface area (TPSA) is 80.5 Å². The molecule has 0 atom stereocenters. The van der Waals surface area contributed by atoms with Gasteiger partial charge in [-0.1, -0.05) is 42.5 Å². The van der Waals surface area contributed by atoms with Crippen LogP contribution in [0, 0.1) is 0 Å². The van der Waals surface area contributed by atoms with E-state index in [1.54, 1.807) is 12.4 Å². The second-order valence-electron chi connectivity index (χ2n) is 6.95. The highest BCUT2D eigenvalue weighted by Crippen LogP contribution is 2.09. The van der Waals surface area contributed by atoms with Crippen LogP contribution in [0.5, 0.6) is 0 Å². The molecule has 7 heteroatoms. The van der Waals surface area contributed by atoms with Crippen LogP contribution < -0.4 is 10.6 Å². The number of pyridine rings is 2. The lowest BCUT2D eigenvalue weighted by molar-refractivity contribution is 0.581. The summed E-state index contributed by atoms with van der Waals surface area (Å²) in [7, 11) is 0. The Morgan fingerprint density at radius 3 is 1.63 bits per heavy atom. The highest BCUT2D eigenvalue weighted by atomic mass is 15.3. The van der Waals surface area contributed by atoms with Gasteiger partial charge in [0.25, 0.3) is 0 Å². The second kappa shape index (κ2) is 10.4. The number of aromatic nitrogens is 5. The van der Waals surface area contributed by atoms with Gasteiger partial charge in [0.2, 0.25) is 0 Å². The summed E-state index contributed by atoms with van der Waals surface area (Å²) in [5, 5.41) is 15.7. The molecular weight excluding hydrogens is 374 g/mol. The predicted molar refractivity (Wildman–Crippen MR) is 115 cm³/mol. The third-order valence-electron chi connectivity index (χ3n) is 4.72. The molecule has 0 saturated carbocycles. The van der Waals surface area contributed by atoms with Crippen molar-refractivity contribution in [2.24, 2.45) is 0 Å². The summed E-state index contributed by atoms with van der Waals surface area (Å²) < 4.78 is 2.17. The molecule has 30 heavy (non-hydrogen) atoms. The molecule has 0 spiro atoms. The van der Waals surface area contributed by atoms with Crippen LogP contribution in [-0.2, 0) is 32.7 Å². The Balaban J connectivity index is 1.43. The smallest absolute Gasteiger partial charge is 0.147 e. The van der Waals surface area contributed by atoms with Crippen LogP contribution in [-0.4, -0.2) is 24.7 Å². The molecule has 3 heterocycles. The largest absolute Gasteiger partial charge is 0.308 e. The molecule has 0 bridgehead atoms. The summed E-state index contributed by atoms with van der Waals surface area (Å²) >= 11 is 0. The lowest BCUT2D eigenvalue weighted by atomic mass is 10.2. The molecule has 7 nitrogen and oxygen atoms in total. The fourth-order valence-corrected chi connectivity index (χ4v) is 3.19. The van der Waals surface area contributed by atoms with Crippen molar-refractivity contribution in [3.8, 4) is 0 Å². The summed E-state index contributed by atoms with van der Waals surface area (Å²) in [6, 6.07) is 22.2. The van der Waals surface area contributed by atoms with E-state index in [4.69, 9.17) is 0 Å². The minimum Gasteiger partial charge on any atom is -0.308 e. The molecule has 3 aromatic heterocycles. The Morgan fingerprint density at radius 2 is 1.13 bits per heavy atom. The van der Waals surface area contributed by atoms with Crippen LogP contribution in [0.25, 0.3) is 0 Å². The first-order chi connectivity index (χ1) is 14.9. The van der Waals surface area contributed by atoms with Crippen LogP contribution in [0.4, 0.5) is 0 Å². The van der Waals surface area contributed by atoms with E-state index in [2.05, 4.69) is 59.6 Å². The molecule has 0 radical (unpaired) electrons. The van der Waals surface area contributed by atoms with Crippen molar-refractivity contribution >= 4 is 0 Å². The number of nitrogens with zero attached hydrogens (tertiary/aromatic N) is 5. The molecule has 2 N–H and O–H groups in total. The van der Waals surface area contributed by atoms with Gasteiger partial charge in [-0.25, -0.2) is 0 Å². The average molecular weight is 400 g/mol. The molecule has 0 saturated heterocycles. The molecule has 4 rings (SSSR count). The Bertz CT molecular complexity index is 954. The van der Waals surface area contributed by atoms with Crippen molar-refractivity contribution in [1.82, 2.24) is 35.4 Å². The molecule has 1 aromatic carbocycles. The zero-order valence-corrected chi connectivity index (χ0v) is 16.8. The van der Waals surface area contributed by atoms with Crippen molar-refractivity contribution in [3.05, 3.63) is 108 Å². The molecule has 0 amide bonds. The Morgan fingerprint density at radius 1 is 0.600 bits per heavy atom. The summed E-state index contributed by atoms with van der Waals surface area (Å²) in [6.07, 6.45) is 3.61. The molecule has 0 unspecified atom stereocenters. The van der Waals surface area contributed by atoms with Crippen LogP contribution in [0.1, 0.15) is 28.6 Å². The van der Waals surface area contributed by atoms with Gasteiger partial charge in [0.15, 0.2) is 0 Å². The van der Waals surface area contributed by atoms with E-state index in [0.717, 1.165) is 29.6 Å². The van der Waals surface area contributed by atoms with Gasteiger partial charge < -0.3 is 15.2 Å². The van der Waals surface area contributed by atoms with Crippen molar-refractivity contribution < 1.29 is 0 Å². The maximum atomic E-state index is 4.44. The molecule has 0 fully saturated rings. The highest BCUT2D eigenvalue weighted by molar-refractivity contribution is 5.16. The van der Waals surface area contributed by atoms with Crippen LogP contribution in [0.2, 0.25) is 0 Å². The standard InChI is InChI=1S/C23H25N7/c1-2-8-19(9-3-1)18-30-22(16-24-14-20-10-4-6-12-26-20)28-29-23(30)17-25-15-21-11-5-7-13-27-21/h1-13,24-25H,14-18H2. The number of hydrogen-bond acceptors (Lipinski definition) is 6. The van der Waals surface area contributed by atoms with Gasteiger partial charge in [-0.2, -0.15) is 0 Å².